The average molecular weight is 295 g/mol. The Morgan fingerprint density at radius 3 is 2.50 bits per heavy atom. The van der Waals surface area contributed by atoms with Crippen molar-refractivity contribution in [3.05, 3.63) is 18.2 Å². The van der Waals surface area contributed by atoms with Gasteiger partial charge < -0.3 is 10.6 Å². The lowest BCUT2D eigenvalue weighted by Crippen LogP contribution is -2.23. The van der Waals surface area contributed by atoms with Gasteiger partial charge in [0.05, 0.1) is 16.3 Å². The molecule has 6 heteroatoms. The van der Waals surface area contributed by atoms with E-state index in [1.165, 1.54) is 26.3 Å². The van der Waals surface area contributed by atoms with Crippen molar-refractivity contribution in [2.75, 3.05) is 30.8 Å². The van der Waals surface area contributed by atoms with E-state index in [4.69, 9.17) is 5.73 Å². The molecule has 1 aliphatic carbocycles. The zero-order chi connectivity index (χ0) is 14.3. The Morgan fingerprint density at radius 1 is 1.25 bits per heavy atom. The highest BCUT2D eigenvalue weighted by molar-refractivity contribution is 7.89. The molecule has 1 aromatic carbocycles. The van der Waals surface area contributed by atoms with Gasteiger partial charge in [-0.3, -0.25) is 0 Å². The molecule has 20 heavy (non-hydrogen) atoms. The van der Waals surface area contributed by atoms with Gasteiger partial charge in [0.1, 0.15) is 0 Å². The zero-order valence-corrected chi connectivity index (χ0v) is 12.5. The molecule has 0 bridgehead atoms. The minimum atomic E-state index is -3.42. The molecule has 0 radical (unpaired) electrons. The fourth-order valence-electron chi connectivity index (χ4n) is 3.51. The molecule has 2 fully saturated rings. The van der Waals surface area contributed by atoms with Gasteiger partial charge in [-0.1, -0.05) is 6.42 Å². The third-order valence-electron chi connectivity index (χ3n) is 4.65. The van der Waals surface area contributed by atoms with Gasteiger partial charge in [0.25, 0.3) is 0 Å². The molecular formula is C14H21N3O2S. The standard InChI is InChI=1S/C14H21N3O2S/c1-16-20(18,19)12-5-6-13(15)14(7-12)17-8-10-3-2-4-11(10)9-17/h5-7,10-11,16H,2-4,8-9,15H2,1H3. The van der Waals surface area contributed by atoms with Crippen LogP contribution in [0.3, 0.4) is 0 Å². The number of nitrogens with one attached hydrogen (secondary N) is 1. The Balaban J connectivity index is 1.92. The van der Waals surface area contributed by atoms with E-state index < -0.39 is 10.0 Å². The van der Waals surface area contributed by atoms with Crippen molar-refractivity contribution in [2.45, 2.75) is 24.2 Å². The molecule has 2 aliphatic rings. The molecule has 5 nitrogen and oxygen atoms in total. The number of benzene rings is 1. The largest absolute Gasteiger partial charge is 0.397 e. The summed E-state index contributed by atoms with van der Waals surface area (Å²) in [6.07, 6.45) is 3.90. The Hall–Kier alpha value is -1.27. The molecule has 0 aromatic heterocycles. The molecule has 2 atom stereocenters. The monoisotopic (exact) mass is 295 g/mol. The van der Waals surface area contributed by atoms with Crippen LogP contribution in [0.2, 0.25) is 0 Å². The van der Waals surface area contributed by atoms with E-state index in [2.05, 4.69) is 9.62 Å². The van der Waals surface area contributed by atoms with Gasteiger partial charge >= 0.3 is 0 Å². The van der Waals surface area contributed by atoms with E-state index in [9.17, 15) is 8.42 Å². The summed E-state index contributed by atoms with van der Waals surface area (Å²) in [4.78, 5) is 2.53. The lowest BCUT2D eigenvalue weighted by molar-refractivity contribution is 0.494. The minimum absolute atomic E-state index is 0.279. The maximum atomic E-state index is 11.9. The van der Waals surface area contributed by atoms with Crippen LogP contribution >= 0.6 is 0 Å². The molecule has 0 amide bonds. The SMILES string of the molecule is CNS(=O)(=O)c1ccc(N)c(N2CC3CCCC3C2)c1. The van der Waals surface area contributed by atoms with Crippen molar-refractivity contribution in [1.82, 2.24) is 4.72 Å². The first-order valence-electron chi connectivity index (χ1n) is 7.09. The second-order valence-electron chi connectivity index (χ2n) is 5.78. The van der Waals surface area contributed by atoms with E-state index >= 15 is 0 Å². The molecule has 1 saturated heterocycles. The van der Waals surface area contributed by atoms with Crippen molar-refractivity contribution in [3.8, 4) is 0 Å². The first-order valence-corrected chi connectivity index (χ1v) is 8.57. The van der Waals surface area contributed by atoms with Crippen molar-refractivity contribution >= 4 is 21.4 Å². The highest BCUT2D eigenvalue weighted by Gasteiger charge is 2.36. The van der Waals surface area contributed by atoms with Gasteiger partial charge in [0.15, 0.2) is 0 Å². The molecule has 2 unspecified atom stereocenters. The molecule has 3 N–H and O–H groups in total. The van der Waals surface area contributed by atoms with E-state index in [0.717, 1.165) is 30.6 Å². The van der Waals surface area contributed by atoms with Gasteiger partial charge in [0, 0.05) is 13.1 Å². The van der Waals surface area contributed by atoms with E-state index in [0.29, 0.717) is 5.69 Å². The van der Waals surface area contributed by atoms with Crippen molar-refractivity contribution in [1.29, 1.82) is 0 Å². The summed E-state index contributed by atoms with van der Waals surface area (Å²) in [5.41, 5.74) is 7.56. The van der Waals surface area contributed by atoms with E-state index in [-0.39, 0.29) is 4.90 Å². The summed E-state index contributed by atoms with van der Waals surface area (Å²) in [6.45, 7) is 2.00. The normalized spacial score (nSPS) is 25.9. The smallest absolute Gasteiger partial charge is 0.240 e. The highest BCUT2D eigenvalue weighted by atomic mass is 32.2. The van der Waals surface area contributed by atoms with Crippen LogP contribution in [0.15, 0.2) is 23.1 Å². The third kappa shape index (κ3) is 2.27. The van der Waals surface area contributed by atoms with Gasteiger partial charge in [-0.2, -0.15) is 0 Å². The summed E-state index contributed by atoms with van der Waals surface area (Å²) in [5.74, 6) is 1.50. The molecule has 1 heterocycles. The number of sulfonamides is 1. The van der Waals surface area contributed by atoms with Gasteiger partial charge in [0.2, 0.25) is 10.0 Å². The highest BCUT2D eigenvalue weighted by Crippen LogP contribution is 2.41. The number of fused-ring (bicyclic) bond motifs is 1. The van der Waals surface area contributed by atoms with E-state index in [1.54, 1.807) is 18.2 Å². The molecule has 1 saturated carbocycles. The number of nitrogens with zero attached hydrogens (tertiary/aromatic N) is 1. The number of nitrogen functional groups attached to an aromatic ring is 1. The van der Waals surface area contributed by atoms with Crippen LogP contribution < -0.4 is 15.4 Å². The fourth-order valence-corrected chi connectivity index (χ4v) is 4.26. The number of hydrogen-bond acceptors (Lipinski definition) is 4. The summed E-state index contributed by atoms with van der Waals surface area (Å²) in [5, 5.41) is 0. The maximum absolute atomic E-state index is 11.9. The number of anilines is 2. The second-order valence-corrected chi connectivity index (χ2v) is 7.67. The van der Waals surface area contributed by atoms with Crippen LogP contribution in [0.5, 0.6) is 0 Å². The minimum Gasteiger partial charge on any atom is -0.397 e. The molecule has 1 aliphatic heterocycles. The van der Waals surface area contributed by atoms with Gasteiger partial charge in [-0.15, -0.1) is 0 Å². The zero-order valence-electron chi connectivity index (χ0n) is 11.7. The summed E-state index contributed by atoms with van der Waals surface area (Å²) in [7, 11) is -2.00. The van der Waals surface area contributed by atoms with E-state index in [1.807, 2.05) is 0 Å². The molecular weight excluding hydrogens is 274 g/mol. The Morgan fingerprint density at radius 2 is 1.90 bits per heavy atom. The van der Waals surface area contributed by atoms with Gasteiger partial charge in [-0.25, -0.2) is 13.1 Å². The Kier molecular flexibility index (Phi) is 3.38. The van der Waals surface area contributed by atoms with Crippen LogP contribution in [0, 0.1) is 11.8 Å². The molecule has 0 spiro atoms. The van der Waals surface area contributed by atoms with Crippen LogP contribution in [0.1, 0.15) is 19.3 Å². The quantitative estimate of drug-likeness (QED) is 0.827. The lowest BCUT2D eigenvalue weighted by atomic mass is 10.0. The molecule has 1 aromatic rings. The average Bonchev–Trinajstić information content (AvgIpc) is 2.99. The Bertz CT molecular complexity index is 603. The molecule has 110 valence electrons. The topological polar surface area (TPSA) is 75.4 Å². The predicted molar refractivity (Wildman–Crippen MR) is 80.1 cm³/mol. The number of nitrogens with two attached hydrogens (primary N) is 1. The van der Waals surface area contributed by atoms with Gasteiger partial charge in [-0.05, 0) is 49.9 Å². The first kappa shape index (κ1) is 13.7. The predicted octanol–water partition coefficient (Wildman–Crippen LogP) is 1.41. The van der Waals surface area contributed by atoms with Crippen molar-refractivity contribution < 1.29 is 8.42 Å². The first-order chi connectivity index (χ1) is 9.51. The van der Waals surface area contributed by atoms with Crippen LogP contribution in [0.25, 0.3) is 0 Å². The summed E-state index contributed by atoms with van der Waals surface area (Å²) < 4.78 is 26.2. The second kappa shape index (κ2) is 4.93. The summed E-state index contributed by atoms with van der Waals surface area (Å²) >= 11 is 0. The van der Waals surface area contributed by atoms with Crippen LogP contribution in [-0.4, -0.2) is 28.6 Å². The van der Waals surface area contributed by atoms with Crippen LogP contribution in [-0.2, 0) is 10.0 Å². The third-order valence-corrected chi connectivity index (χ3v) is 6.06. The fraction of sp³-hybridized carbons (Fsp3) is 0.571. The number of hydrogen-bond donors (Lipinski definition) is 2. The lowest BCUT2D eigenvalue weighted by Gasteiger charge is -2.22. The van der Waals surface area contributed by atoms with Crippen LogP contribution in [0.4, 0.5) is 11.4 Å². The summed E-state index contributed by atoms with van der Waals surface area (Å²) in [6, 6.07) is 4.94. The van der Waals surface area contributed by atoms with Crippen molar-refractivity contribution in [3.63, 3.8) is 0 Å². The molecule has 3 rings (SSSR count). The number of rotatable bonds is 3. The Labute approximate surface area is 120 Å². The van der Waals surface area contributed by atoms with Crippen molar-refractivity contribution in [2.24, 2.45) is 11.8 Å². The maximum Gasteiger partial charge on any atom is 0.240 e.